The van der Waals surface area contributed by atoms with E-state index in [1.54, 1.807) is 0 Å². The van der Waals surface area contributed by atoms with Gasteiger partial charge in [-0.05, 0) is 144 Å². The van der Waals surface area contributed by atoms with Crippen LogP contribution in [-0.2, 0) is 10.8 Å². The molecular formula is C62H44. The molecule has 292 valence electrons. The highest BCUT2D eigenvalue weighted by Gasteiger charge is 2.41. The van der Waals surface area contributed by atoms with E-state index in [2.05, 4.69) is 222 Å². The third kappa shape index (κ3) is 4.62. The van der Waals surface area contributed by atoms with Gasteiger partial charge < -0.3 is 0 Å². The third-order valence-corrected chi connectivity index (χ3v) is 14.8. The highest BCUT2D eigenvalue weighted by atomic mass is 14.4. The Labute approximate surface area is 362 Å². The van der Waals surface area contributed by atoms with E-state index in [0.717, 1.165) is 0 Å². The fourth-order valence-electron chi connectivity index (χ4n) is 12.2. The van der Waals surface area contributed by atoms with Crippen LogP contribution < -0.4 is 0 Å². The van der Waals surface area contributed by atoms with E-state index in [1.807, 2.05) is 0 Å². The molecule has 0 nitrogen and oxygen atoms in total. The van der Waals surface area contributed by atoms with E-state index in [4.69, 9.17) is 0 Å². The molecule has 11 aromatic carbocycles. The van der Waals surface area contributed by atoms with Crippen molar-refractivity contribution in [3.63, 3.8) is 0 Å². The molecule has 0 N–H and O–H groups in total. The Bertz CT molecular complexity index is 3690. The van der Waals surface area contributed by atoms with Crippen LogP contribution in [0.4, 0.5) is 0 Å². The van der Waals surface area contributed by atoms with Gasteiger partial charge in [0.2, 0.25) is 0 Å². The molecule has 0 fully saturated rings. The fourth-order valence-corrected chi connectivity index (χ4v) is 12.2. The lowest BCUT2D eigenvalue weighted by molar-refractivity contribution is 0.661. The van der Waals surface area contributed by atoms with Gasteiger partial charge in [-0.1, -0.05) is 210 Å². The quantitative estimate of drug-likeness (QED) is 0.124. The minimum atomic E-state index is -0.212. The predicted molar refractivity (Wildman–Crippen MR) is 265 cm³/mol. The van der Waals surface area contributed by atoms with Gasteiger partial charge >= 0.3 is 0 Å². The molecule has 0 aromatic heterocycles. The van der Waals surface area contributed by atoms with Crippen molar-refractivity contribution in [2.75, 3.05) is 0 Å². The minimum Gasteiger partial charge on any atom is -0.0619 e. The van der Waals surface area contributed by atoms with Crippen molar-refractivity contribution in [3.8, 4) is 55.6 Å². The van der Waals surface area contributed by atoms with Gasteiger partial charge in [0.25, 0.3) is 0 Å². The number of hydrogen-bond donors (Lipinski definition) is 0. The van der Waals surface area contributed by atoms with E-state index in [-0.39, 0.29) is 10.8 Å². The van der Waals surface area contributed by atoms with Gasteiger partial charge in [0, 0.05) is 10.8 Å². The Morgan fingerprint density at radius 1 is 0.242 bits per heavy atom. The van der Waals surface area contributed by atoms with Crippen LogP contribution in [0.2, 0.25) is 0 Å². The summed E-state index contributed by atoms with van der Waals surface area (Å²) in [7, 11) is 0. The van der Waals surface area contributed by atoms with Gasteiger partial charge in [0.05, 0.1) is 0 Å². The second kappa shape index (κ2) is 12.6. The Morgan fingerprint density at radius 3 is 1.35 bits per heavy atom. The van der Waals surface area contributed by atoms with E-state index < -0.39 is 0 Å². The van der Waals surface area contributed by atoms with Gasteiger partial charge in [-0.3, -0.25) is 0 Å². The monoisotopic (exact) mass is 788 g/mol. The second-order valence-corrected chi connectivity index (χ2v) is 18.7. The van der Waals surface area contributed by atoms with Crippen molar-refractivity contribution < 1.29 is 0 Å². The van der Waals surface area contributed by atoms with Crippen molar-refractivity contribution in [3.05, 3.63) is 216 Å². The van der Waals surface area contributed by atoms with Crippen LogP contribution in [0.5, 0.6) is 0 Å². The summed E-state index contributed by atoms with van der Waals surface area (Å²) >= 11 is 0. The SMILES string of the molecule is CC1(C)c2ccccc2-c2c1cc(-c1c3ccccc3c(-c3cccc(-c4cccc5c4C(C)(C)c4c-5c5ccccc5c5ccccc45)c3)c3ccccc13)c1ccccc21. The zero-order chi connectivity index (χ0) is 41.5. The van der Waals surface area contributed by atoms with E-state index in [9.17, 15) is 0 Å². The summed E-state index contributed by atoms with van der Waals surface area (Å²) in [5.74, 6) is 0. The first-order valence-electron chi connectivity index (χ1n) is 22.1. The summed E-state index contributed by atoms with van der Waals surface area (Å²) in [6.07, 6.45) is 0. The number of fused-ring (bicyclic) bond motifs is 15. The third-order valence-electron chi connectivity index (χ3n) is 14.8. The van der Waals surface area contributed by atoms with Gasteiger partial charge in [-0.15, -0.1) is 0 Å². The summed E-state index contributed by atoms with van der Waals surface area (Å²) < 4.78 is 0. The molecule has 0 saturated carbocycles. The van der Waals surface area contributed by atoms with Gasteiger partial charge in [0.1, 0.15) is 0 Å². The zero-order valence-corrected chi connectivity index (χ0v) is 35.5. The molecule has 13 rings (SSSR count). The van der Waals surface area contributed by atoms with Gasteiger partial charge in [0.15, 0.2) is 0 Å². The Hall–Kier alpha value is -7.28. The number of benzene rings is 11. The molecule has 0 spiro atoms. The van der Waals surface area contributed by atoms with Crippen molar-refractivity contribution in [1.29, 1.82) is 0 Å². The van der Waals surface area contributed by atoms with Crippen molar-refractivity contribution in [2.24, 2.45) is 0 Å². The van der Waals surface area contributed by atoms with Crippen molar-refractivity contribution >= 4 is 53.9 Å². The molecule has 11 aromatic rings. The van der Waals surface area contributed by atoms with Crippen molar-refractivity contribution in [1.82, 2.24) is 0 Å². The van der Waals surface area contributed by atoms with Crippen LogP contribution in [0, 0.1) is 0 Å². The second-order valence-electron chi connectivity index (χ2n) is 18.7. The minimum absolute atomic E-state index is 0.121. The smallest absolute Gasteiger partial charge is 0.0171 e. The molecule has 0 radical (unpaired) electrons. The molecule has 2 aliphatic carbocycles. The summed E-state index contributed by atoms with van der Waals surface area (Å²) in [6.45, 7) is 9.67. The molecule has 62 heavy (non-hydrogen) atoms. The molecule has 0 bridgehead atoms. The highest BCUT2D eigenvalue weighted by molar-refractivity contribution is 6.25. The lowest BCUT2D eigenvalue weighted by Gasteiger charge is -2.26. The maximum atomic E-state index is 2.54. The van der Waals surface area contributed by atoms with Crippen LogP contribution in [0.1, 0.15) is 49.9 Å². The van der Waals surface area contributed by atoms with Crippen LogP contribution in [0.3, 0.4) is 0 Å². The first-order chi connectivity index (χ1) is 30.3. The maximum Gasteiger partial charge on any atom is 0.0171 e. The number of rotatable bonds is 3. The number of hydrogen-bond acceptors (Lipinski definition) is 0. The van der Waals surface area contributed by atoms with Gasteiger partial charge in [-0.2, -0.15) is 0 Å². The molecule has 0 aliphatic heterocycles. The molecular weight excluding hydrogens is 745 g/mol. The van der Waals surface area contributed by atoms with E-state index >= 15 is 0 Å². The normalized spacial score (nSPS) is 14.4. The topological polar surface area (TPSA) is 0 Å². The molecule has 0 unspecified atom stereocenters. The zero-order valence-electron chi connectivity index (χ0n) is 35.5. The van der Waals surface area contributed by atoms with Crippen LogP contribution in [0.15, 0.2) is 194 Å². The average Bonchev–Trinajstić information content (AvgIpc) is 3.70. The molecule has 0 saturated heterocycles. The van der Waals surface area contributed by atoms with Crippen LogP contribution in [0.25, 0.3) is 109 Å². The molecule has 0 amide bonds. The summed E-state index contributed by atoms with van der Waals surface area (Å²) in [6, 6.07) is 73.3. The average molecular weight is 789 g/mol. The molecule has 0 atom stereocenters. The highest BCUT2D eigenvalue weighted by Crippen LogP contribution is 2.58. The van der Waals surface area contributed by atoms with Crippen LogP contribution >= 0.6 is 0 Å². The lowest BCUT2D eigenvalue weighted by Crippen LogP contribution is -2.17. The Kier molecular flexibility index (Phi) is 7.23. The Balaban J connectivity index is 1.05. The molecule has 0 heterocycles. The summed E-state index contributed by atoms with van der Waals surface area (Å²) in [5, 5.41) is 13.1. The maximum absolute atomic E-state index is 2.54. The van der Waals surface area contributed by atoms with Crippen LogP contribution in [-0.4, -0.2) is 0 Å². The van der Waals surface area contributed by atoms with Gasteiger partial charge in [-0.25, -0.2) is 0 Å². The summed E-state index contributed by atoms with van der Waals surface area (Å²) in [4.78, 5) is 0. The standard InChI is InChI=1S/C62H44/c1-61(2)53-34-16-15-31-50(53)57-43-24-8-6-23-42(43)52(36-54(57)61)56-47-28-12-10-26-45(47)55(46-27-11-13-29-48(46)56)38-20-17-19-37(35-38)39-32-18-33-51-58-44-25-9-5-21-40(44)41-22-7-14-30-49(41)60(58)62(3,4)59(39)51/h5-36H,1-4H3. The van der Waals surface area contributed by atoms with E-state index in [1.165, 1.54) is 132 Å². The van der Waals surface area contributed by atoms with Crippen molar-refractivity contribution in [2.45, 2.75) is 38.5 Å². The largest absolute Gasteiger partial charge is 0.0619 e. The van der Waals surface area contributed by atoms with E-state index in [0.29, 0.717) is 0 Å². The lowest BCUT2D eigenvalue weighted by atomic mass is 9.76. The predicted octanol–water partition coefficient (Wildman–Crippen LogP) is 17.1. The molecule has 0 heteroatoms. The first-order valence-corrected chi connectivity index (χ1v) is 22.1. The molecule has 2 aliphatic rings. The summed E-state index contributed by atoms with van der Waals surface area (Å²) in [5.41, 5.74) is 18.5. The Morgan fingerprint density at radius 2 is 0.694 bits per heavy atom. The first kappa shape index (κ1) is 35.5. The fraction of sp³-hybridized carbons (Fsp3) is 0.0968.